The molecule has 3 heterocycles. The summed E-state index contributed by atoms with van der Waals surface area (Å²) in [5.41, 5.74) is -0.0713. The first-order valence-corrected chi connectivity index (χ1v) is 8.30. The Bertz CT molecular complexity index is 683. The number of aromatic nitrogens is 1. The molecule has 3 atom stereocenters. The molecular formula is C17H23N3O4. The number of carbonyl (C=O) groups excluding carboxylic acids is 1. The molecule has 2 bridgehead atoms. The molecule has 24 heavy (non-hydrogen) atoms. The van der Waals surface area contributed by atoms with Crippen molar-refractivity contribution in [3.8, 4) is 0 Å². The molecular weight excluding hydrogens is 310 g/mol. The van der Waals surface area contributed by atoms with Crippen LogP contribution in [-0.4, -0.2) is 33.6 Å². The molecule has 2 aliphatic rings. The quantitative estimate of drug-likeness (QED) is 0.480. The lowest BCUT2D eigenvalue weighted by Crippen LogP contribution is -2.37. The molecule has 0 aromatic carbocycles. The van der Waals surface area contributed by atoms with Crippen LogP contribution in [0, 0.1) is 23.0 Å². The number of carbonyl (C=O) groups is 1. The molecule has 1 aromatic rings. The summed E-state index contributed by atoms with van der Waals surface area (Å²) in [6, 6.07) is 3.50. The molecule has 0 saturated carbocycles. The number of hydrogen-bond donors (Lipinski definition) is 0. The fraction of sp³-hybridized carbons (Fsp3) is 0.647. The maximum Gasteiger partial charge on any atom is 0.311 e. The van der Waals surface area contributed by atoms with Crippen LogP contribution < -0.4 is 4.90 Å². The van der Waals surface area contributed by atoms with Crippen molar-refractivity contribution in [3.63, 3.8) is 0 Å². The Morgan fingerprint density at radius 2 is 2.08 bits per heavy atom. The highest BCUT2D eigenvalue weighted by atomic mass is 16.6. The molecule has 7 nitrogen and oxygen atoms in total. The van der Waals surface area contributed by atoms with E-state index >= 15 is 0 Å². The van der Waals surface area contributed by atoms with E-state index in [2.05, 4.69) is 9.88 Å². The monoisotopic (exact) mass is 333 g/mol. The van der Waals surface area contributed by atoms with E-state index < -0.39 is 10.5 Å². The van der Waals surface area contributed by atoms with Gasteiger partial charge in [0.05, 0.1) is 10.8 Å². The van der Waals surface area contributed by atoms with Crippen molar-refractivity contribution < 1.29 is 14.5 Å². The molecule has 2 aliphatic heterocycles. The van der Waals surface area contributed by atoms with E-state index in [9.17, 15) is 14.9 Å². The summed E-state index contributed by atoms with van der Waals surface area (Å²) in [6.07, 6.45) is 2.70. The average molecular weight is 333 g/mol. The highest BCUT2D eigenvalue weighted by Crippen LogP contribution is 2.45. The lowest BCUT2D eigenvalue weighted by Gasteiger charge is -2.27. The molecule has 0 amide bonds. The molecule has 0 radical (unpaired) electrons. The minimum atomic E-state index is -0.494. The van der Waals surface area contributed by atoms with Crippen LogP contribution in [0.1, 0.15) is 45.7 Å². The van der Waals surface area contributed by atoms with Gasteiger partial charge in [0, 0.05) is 18.2 Å². The Morgan fingerprint density at radius 1 is 1.38 bits per heavy atom. The topological polar surface area (TPSA) is 85.6 Å². The van der Waals surface area contributed by atoms with E-state index in [-0.39, 0.29) is 29.7 Å². The molecule has 3 unspecified atom stereocenters. The number of pyridine rings is 1. The van der Waals surface area contributed by atoms with Crippen LogP contribution in [0.15, 0.2) is 12.1 Å². The van der Waals surface area contributed by atoms with Gasteiger partial charge in [0.25, 0.3) is 5.69 Å². The number of anilines is 1. The van der Waals surface area contributed by atoms with Crippen LogP contribution in [0.5, 0.6) is 0 Å². The third-order valence-electron chi connectivity index (χ3n) is 4.75. The van der Waals surface area contributed by atoms with Gasteiger partial charge in [-0.2, -0.15) is 0 Å². The predicted octanol–water partition coefficient (Wildman–Crippen LogP) is 3.00. The van der Waals surface area contributed by atoms with Gasteiger partial charge in [0.15, 0.2) is 0 Å². The van der Waals surface area contributed by atoms with Gasteiger partial charge in [0.1, 0.15) is 17.1 Å². The number of nitrogens with zero attached hydrogens (tertiary/aromatic N) is 3. The fourth-order valence-electron chi connectivity index (χ4n) is 3.85. The largest absolute Gasteiger partial charge is 0.460 e. The summed E-state index contributed by atoms with van der Waals surface area (Å²) in [5, 5.41) is 11.0. The van der Waals surface area contributed by atoms with Gasteiger partial charge in [-0.25, -0.2) is 4.98 Å². The van der Waals surface area contributed by atoms with Crippen molar-refractivity contribution >= 4 is 17.5 Å². The average Bonchev–Trinajstić information content (AvgIpc) is 3.02. The first-order chi connectivity index (χ1) is 11.2. The van der Waals surface area contributed by atoms with Crippen molar-refractivity contribution in [1.29, 1.82) is 0 Å². The van der Waals surface area contributed by atoms with E-state index in [4.69, 9.17) is 4.74 Å². The molecule has 7 heteroatoms. The molecule has 2 fully saturated rings. The van der Waals surface area contributed by atoms with Gasteiger partial charge in [-0.15, -0.1) is 0 Å². The summed E-state index contributed by atoms with van der Waals surface area (Å²) in [6.45, 7) is 7.26. The zero-order valence-electron chi connectivity index (χ0n) is 14.5. The van der Waals surface area contributed by atoms with Crippen molar-refractivity contribution in [3.05, 3.63) is 27.9 Å². The zero-order chi connectivity index (χ0) is 17.6. The van der Waals surface area contributed by atoms with E-state index in [0.717, 1.165) is 25.1 Å². The van der Waals surface area contributed by atoms with E-state index in [1.165, 1.54) is 6.07 Å². The van der Waals surface area contributed by atoms with Crippen molar-refractivity contribution in [2.45, 2.75) is 64.6 Å². The molecule has 0 spiro atoms. The summed E-state index contributed by atoms with van der Waals surface area (Å²) >= 11 is 0. The number of rotatable bonds is 3. The lowest BCUT2D eigenvalue weighted by atomic mass is 9.89. The molecule has 0 aliphatic carbocycles. The van der Waals surface area contributed by atoms with Gasteiger partial charge in [-0.3, -0.25) is 14.9 Å². The highest BCUT2D eigenvalue weighted by molar-refractivity contribution is 5.76. The molecule has 0 N–H and O–H groups in total. The third-order valence-corrected chi connectivity index (χ3v) is 4.75. The van der Waals surface area contributed by atoms with E-state index in [0.29, 0.717) is 5.69 Å². The Hall–Kier alpha value is -2.18. The second kappa shape index (κ2) is 5.72. The molecule has 3 rings (SSSR count). The summed E-state index contributed by atoms with van der Waals surface area (Å²) in [7, 11) is 0. The SMILES string of the molecule is Cc1nc(N2C3CCC2C(C(=O)OC(C)(C)C)C3)ccc1[N+](=O)[O-]. The number of nitro groups is 1. The van der Waals surface area contributed by atoms with Crippen molar-refractivity contribution in [2.24, 2.45) is 5.92 Å². The van der Waals surface area contributed by atoms with Crippen molar-refractivity contribution in [1.82, 2.24) is 4.98 Å². The van der Waals surface area contributed by atoms with E-state index in [1.807, 2.05) is 20.8 Å². The Balaban J connectivity index is 1.82. The second-order valence-electron chi connectivity index (χ2n) is 7.61. The Labute approximate surface area is 141 Å². The number of aryl methyl sites for hydroxylation is 1. The van der Waals surface area contributed by atoms with Crippen LogP contribution >= 0.6 is 0 Å². The minimum absolute atomic E-state index is 0.0222. The normalized spacial score (nSPS) is 25.8. The van der Waals surface area contributed by atoms with Gasteiger partial charge in [-0.1, -0.05) is 0 Å². The maximum atomic E-state index is 12.5. The predicted molar refractivity (Wildman–Crippen MR) is 88.9 cm³/mol. The van der Waals surface area contributed by atoms with Crippen LogP contribution in [-0.2, 0) is 9.53 Å². The number of fused-ring (bicyclic) bond motifs is 2. The first-order valence-electron chi connectivity index (χ1n) is 8.30. The van der Waals surface area contributed by atoms with Gasteiger partial charge < -0.3 is 9.64 Å². The maximum absolute atomic E-state index is 12.5. The van der Waals surface area contributed by atoms with Crippen LogP contribution in [0.4, 0.5) is 11.5 Å². The molecule has 2 saturated heterocycles. The third kappa shape index (κ3) is 2.95. The van der Waals surface area contributed by atoms with Crippen LogP contribution in [0.25, 0.3) is 0 Å². The Kier molecular flexibility index (Phi) is 3.97. The fourth-order valence-corrected chi connectivity index (χ4v) is 3.85. The van der Waals surface area contributed by atoms with Crippen LogP contribution in [0.2, 0.25) is 0 Å². The van der Waals surface area contributed by atoms with Gasteiger partial charge in [0.2, 0.25) is 0 Å². The summed E-state index contributed by atoms with van der Waals surface area (Å²) in [4.78, 5) is 29.6. The lowest BCUT2D eigenvalue weighted by molar-refractivity contribution is -0.385. The highest BCUT2D eigenvalue weighted by Gasteiger charge is 2.51. The number of esters is 1. The van der Waals surface area contributed by atoms with E-state index in [1.54, 1.807) is 13.0 Å². The minimum Gasteiger partial charge on any atom is -0.460 e. The molecule has 130 valence electrons. The number of hydrogen-bond acceptors (Lipinski definition) is 6. The standard InChI is InChI=1S/C17H23N3O4/c1-10-13(20(22)23)7-8-15(18-10)19-11-5-6-14(19)12(9-11)16(21)24-17(2,3)4/h7-8,11-12,14H,5-6,9H2,1-4H3. The Morgan fingerprint density at radius 3 is 2.67 bits per heavy atom. The van der Waals surface area contributed by atoms with Crippen molar-refractivity contribution in [2.75, 3.05) is 4.90 Å². The second-order valence-corrected chi connectivity index (χ2v) is 7.61. The van der Waals surface area contributed by atoms with Gasteiger partial charge >= 0.3 is 5.97 Å². The smallest absolute Gasteiger partial charge is 0.311 e. The zero-order valence-corrected chi connectivity index (χ0v) is 14.5. The molecule has 1 aromatic heterocycles. The summed E-state index contributed by atoms with van der Waals surface area (Å²) in [5.74, 6) is 0.412. The first kappa shape index (κ1) is 16.7. The number of ether oxygens (including phenoxy) is 1. The van der Waals surface area contributed by atoms with Crippen LogP contribution in [0.3, 0.4) is 0 Å². The summed E-state index contributed by atoms with van der Waals surface area (Å²) < 4.78 is 5.56. The van der Waals surface area contributed by atoms with Gasteiger partial charge in [-0.05, 0) is 53.0 Å².